The number of hydrogen-bond acceptors (Lipinski definition) is 7. The molecule has 0 aliphatic carbocycles. The number of benzene rings is 1. The summed E-state index contributed by atoms with van der Waals surface area (Å²) in [5.74, 6) is -0.225. The lowest BCUT2D eigenvalue weighted by Gasteiger charge is -2.16. The van der Waals surface area contributed by atoms with E-state index >= 15 is 0 Å². The molecule has 3 N–H and O–H groups in total. The van der Waals surface area contributed by atoms with Crippen molar-refractivity contribution in [1.82, 2.24) is 14.9 Å². The standard InChI is InChI=1S/C16H15ClN4O3S/c17-16-19-5-11(6-20-16)25-8-9-1-2-12-13(3-9)15(24)21(14(12)23)7-10(22)4-18/h1-3,5-6,10,22H,4,7-8,18H2/t10-/m0/s1. The van der Waals surface area contributed by atoms with Crippen molar-refractivity contribution in [3.63, 3.8) is 0 Å². The fourth-order valence-corrected chi connectivity index (χ4v) is 3.29. The molecule has 3 rings (SSSR count). The van der Waals surface area contributed by atoms with E-state index in [2.05, 4.69) is 9.97 Å². The predicted molar refractivity (Wildman–Crippen MR) is 93.5 cm³/mol. The summed E-state index contributed by atoms with van der Waals surface area (Å²) in [5.41, 5.74) is 6.94. The van der Waals surface area contributed by atoms with Crippen molar-refractivity contribution >= 4 is 35.2 Å². The van der Waals surface area contributed by atoms with Crippen molar-refractivity contribution in [1.29, 1.82) is 0 Å². The second-order valence-corrected chi connectivity index (χ2v) is 6.85. The van der Waals surface area contributed by atoms with Crippen LogP contribution in [0.4, 0.5) is 0 Å². The molecule has 1 atom stereocenters. The lowest BCUT2D eigenvalue weighted by Crippen LogP contribution is -2.39. The molecule has 2 heterocycles. The number of aromatic nitrogens is 2. The number of β-amino-alcohol motifs (C(OH)–C–C–N with tert-alkyl or cyclic N) is 1. The van der Waals surface area contributed by atoms with Crippen LogP contribution in [0.25, 0.3) is 0 Å². The quantitative estimate of drug-likeness (QED) is 0.443. The fourth-order valence-electron chi connectivity index (χ4n) is 2.42. The average Bonchev–Trinajstić information content (AvgIpc) is 2.85. The Morgan fingerprint density at radius 3 is 2.56 bits per heavy atom. The van der Waals surface area contributed by atoms with Gasteiger partial charge in [0.05, 0.1) is 23.8 Å². The summed E-state index contributed by atoms with van der Waals surface area (Å²) in [5, 5.41) is 9.81. The van der Waals surface area contributed by atoms with E-state index < -0.39 is 17.9 Å². The molecule has 7 nitrogen and oxygen atoms in total. The van der Waals surface area contributed by atoms with E-state index in [4.69, 9.17) is 17.3 Å². The minimum Gasteiger partial charge on any atom is -0.390 e. The fraction of sp³-hybridized carbons (Fsp3) is 0.250. The zero-order valence-electron chi connectivity index (χ0n) is 13.1. The molecule has 0 saturated carbocycles. The molecule has 1 aliphatic heterocycles. The largest absolute Gasteiger partial charge is 0.390 e. The molecular formula is C16H15ClN4O3S. The number of carbonyl (C=O) groups excluding carboxylic acids is 2. The highest BCUT2D eigenvalue weighted by Gasteiger charge is 2.36. The van der Waals surface area contributed by atoms with Crippen LogP contribution in [0, 0.1) is 0 Å². The molecule has 25 heavy (non-hydrogen) atoms. The van der Waals surface area contributed by atoms with Gasteiger partial charge in [-0.15, -0.1) is 11.8 Å². The molecule has 1 aromatic heterocycles. The zero-order valence-corrected chi connectivity index (χ0v) is 14.6. The second kappa shape index (κ2) is 7.49. The summed E-state index contributed by atoms with van der Waals surface area (Å²) < 4.78 is 0. The average molecular weight is 379 g/mol. The Kier molecular flexibility index (Phi) is 5.33. The maximum Gasteiger partial charge on any atom is 0.261 e. The lowest BCUT2D eigenvalue weighted by atomic mass is 10.1. The number of amides is 2. The van der Waals surface area contributed by atoms with Gasteiger partial charge in [-0.25, -0.2) is 9.97 Å². The Balaban J connectivity index is 1.74. The first-order valence-corrected chi connectivity index (χ1v) is 8.83. The third-order valence-corrected chi connectivity index (χ3v) is 4.92. The number of imide groups is 1. The van der Waals surface area contributed by atoms with Crippen LogP contribution in [0.2, 0.25) is 5.28 Å². The van der Waals surface area contributed by atoms with E-state index in [-0.39, 0.29) is 18.4 Å². The van der Waals surface area contributed by atoms with Gasteiger partial charge in [-0.3, -0.25) is 14.5 Å². The summed E-state index contributed by atoms with van der Waals surface area (Å²) in [6.45, 7) is -0.118. The minimum absolute atomic E-state index is 0.0154. The van der Waals surface area contributed by atoms with Gasteiger partial charge < -0.3 is 10.8 Å². The Labute approximate surface area is 153 Å². The van der Waals surface area contributed by atoms with Crippen molar-refractivity contribution in [2.75, 3.05) is 13.1 Å². The number of aliphatic hydroxyl groups excluding tert-OH is 1. The topological polar surface area (TPSA) is 109 Å². The van der Waals surface area contributed by atoms with Crippen LogP contribution in [-0.2, 0) is 5.75 Å². The first kappa shape index (κ1) is 17.8. The zero-order chi connectivity index (χ0) is 18.0. The van der Waals surface area contributed by atoms with Crippen LogP contribution in [-0.4, -0.2) is 51.0 Å². The van der Waals surface area contributed by atoms with Crippen molar-refractivity contribution in [2.24, 2.45) is 5.73 Å². The summed E-state index contributed by atoms with van der Waals surface area (Å²) >= 11 is 7.15. The number of nitrogens with zero attached hydrogens (tertiary/aromatic N) is 3. The molecule has 9 heteroatoms. The van der Waals surface area contributed by atoms with Crippen LogP contribution in [0.3, 0.4) is 0 Å². The van der Waals surface area contributed by atoms with E-state index in [9.17, 15) is 14.7 Å². The van der Waals surface area contributed by atoms with Crippen molar-refractivity contribution in [2.45, 2.75) is 16.8 Å². The highest BCUT2D eigenvalue weighted by Crippen LogP contribution is 2.27. The molecule has 1 aromatic carbocycles. The van der Waals surface area contributed by atoms with Crippen LogP contribution >= 0.6 is 23.4 Å². The smallest absolute Gasteiger partial charge is 0.261 e. The number of fused-ring (bicyclic) bond motifs is 1. The van der Waals surface area contributed by atoms with Gasteiger partial charge in [0.25, 0.3) is 11.8 Å². The van der Waals surface area contributed by atoms with E-state index in [1.807, 2.05) is 0 Å². The molecule has 0 saturated heterocycles. The summed E-state index contributed by atoms with van der Waals surface area (Å²) in [6, 6.07) is 5.14. The van der Waals surface area contributed by atoms with Crippen LogP contribution in [0.1, 0.15) is 26.3 Å². The van der Waals surface area contributed by atoms with Crippen molar-refractivity contribution in [3.8, 4) is 0 Å². The SMILES string of the molecule is NC[C@H](O)CN1C(=O)c2ccc(CSc3cnc(Cl)nc3)cc2C1=O. The normalized spacial score (nSPS) is 14.8. The Morgan fingerprint density at radius 1 is 1.20 bits per heavy atom. The molecule has 0 fully saturated rings. The Bertz CT molecular complexity index is 816. The van der Waals surface area contributed by atoms with E-state index in [0.29, 0.717) is 16.9 Å². The molecule has 0 radical (unpaired) electrons. The van der Waals surface area contributed by atoms with Gasteiger partial charge in [-0.1, -0.05) is 6.07 Å². The maximum absolute atomic E-state index is 12.4. The van der Waals surface area contributed by atoms with Gasteiger partial charge >= 0.3 is 0 Å². The first-order valence-electron chi connectivity index (χ1n) is 7.47. The molecule has 2 amide bonds. The molecular weight excluding hydrogens is 364 g/mol. The monoisotopic (exact) mass is 378 g/mol. The highest BCUT2D eigenvalue weighted by atomic mass is 35.5. The number of hydrogen-bond donors (Lipinski definition) is 2. The molecule has 1 aliphatic rings. The van der Waals surface area contributed by atoms with Gasteiger partial charge in [0, 0.05) is 29.6 Å². The molecule has 0 unspecified atom stereocenters. The van der Waals surface area contributed by atoms with Crippen molar-refractivity contribution in [3.05, 3.63) is 52.6 Å². The van der Waals surface area contributed by atoms with E-state index in [1.165, 1.54) is 11.8 Å². The molecule has 0 spiro atoms. The number of thioether (sulfide) groups is 1. The summed E-state index contributed by atoms with van der Waals surface area (Å²) in [4.78, 5) is 34.4. The van der Waals surface area contributed by atoms with Gasteiger partial charge in [0.15, 0.2) is 0 Å². The third-order valence-electron chi connectivity index (χ3n) is 3.70. The van der Waals surface area contributed by atoms with E-state index in [1.54, 1.807) is 30.6 Å². The molecule has 0 bridgehead atoms. The van der Waals surface area contributed by atoms with Crippen LogP contribution < -0.4 is 5.73 Å². The Hall–Kier alpha value is -2.00. The summed E-state index contributed by atoms with van der Waals surface area (Å²) in [6.07, 6.45) is 2.32. The Morgan fingerprint density at radius 2 is 1.88 bits per heavy atom. The number of rotatable bonds is 6. The molecule has 130 valence electrons. The lowest BCUT2D eigenvalue weighted by molar-refractivity contribution is 0.0554. The van der Waals surface area contributed by atoms with Crippen molar-refractivity contribution < 1.29 is 14.7 Å². The first-order chi connectivity index (χ1) is 12.0. The number of halogens is 1. The van der Waals surface area contributed by atoms with Gasteiger partial charge in [0.1, 0.15) is 0 Å². The number of aliphatic hydroxyl groups is 1. The predicted octanol–water partition coefficient (Wildman–Crippen LogP) is 1.34. The van der Waals surface area contributed by atoms with Crippen LogP contribution in [0.5, 0.6) is 0 Å². The van der Waals surface area contributed by atoms with Crippen LogP contribution in [0.15, 0.2) is 35.5 Å². The van der Waals surface area contributed by atoms with Gasteiger partial charge in [0.2, 0.25) is 5.28 Å². The number of carbonyl (C=O) groups is 2. The number of nitrogens with two attached hydrogens (primary N) is 1. The maximum atomic E-state index is 12.4. The summed E-state index contributed by atoms with van der Waals surface area (Å²) in [7, 11) is 0. The van der Waals surface area contributed by atoms with Gasteiger partial charge in [-0.05, 0) is 29.3 Å². The second-order valence-electron chi connectivity index (χ2n) is 5.47. The van der Waals surface area contributed by atoms with E-state index in [0.717, 1.165) is 15.4 Å². The highest BCUT2D eigenvalue weighted by molar-refractivity contribution is 7.98. The van der Waals surface area contributed by atoms with Gasteiger partial charge in [-0.2, -0.15) is 0 Å². The molecule has 2 aromatic rings. The minimum atomic E-state index is -0.929. The third kappa shape index (κ3) is 3.82.